The number of pyridine rings is 1. The van der Waals surface area contributed by atoms with Crippen LogP contribution in [0.25, 0.3) is 5.57 Å². The fourth-order valence-electron chi connectivity index (χ4n) is 3.03. The lowest BCUT2D eigenvalue weighted by Gasteiger charge is -2.13. The van der Waals surface area contributed by atoms with Crippen molar-refractivity contribution in [3.8, 4) is 0 Å². The van der Waals surface area contributed by atoms with Gasteiger partial charge in [0.05, 0.1) is 10.0 Å². The number of nitrogens with one attached hydrogen (secondary N) is 1. The Hall–Kier alpha value is -1.55. The Kier molecular flexibility index (Phi) is 5.67. The number of halogens is 3. The highest BCUT2D eigenvalue weighted by Crippen LogP contribution is 2.32. The van der Waals surface area contributed by atoms with Gasteiger partial charge in [0.1, 0.15) is 5.69 Å². The van der Waals surface area contributed by atoms with E-state index in [9.17, 15) is 4.79 Å². The Balaban J connectivity index is 1.91. The molecule has 1 aliphatic rings. The smallest absolute Gasteiger partial charge is 0.275 e. The summed E-state index contributed by atoms with van der Waals surface area (Å²) < 4.78 is 0. The van der Waals surface area contributed by atoms with Crippen molar-refractivity contribution in [3.63, 3.8) is 0 Å². The van der Waals surface area contributed by atoms with Crippen LogP contribution in [0.2, 0.25) is 10.0 Å². The van der Waals surface area contributed by atoms with Gasteiger partial charge in [-0.1, -0.05) is 34.8 Å². The number of aryl methyl sites for hydroxylation is 1. The van der Waals surface area contributed by atoms with Gasteiger partial charge in [0.25, 0.3) is 5.91 Å². The molecule has 1 aromatic carbocycles. The van der Waals surface area contributed by atoms with Gasteiger partial charge in [0, 0.05) is 17.8 Å². The molecule has 0 atom stereocenters. The van der Waals surface area contributed by atoms with Gasteiger partial charge in [-0.05, 0) is 61.1 Å². The number of hydrogen-bond acceptors (Lipinski definition) is 2. The third kappa shape index (κ3) is 4.00. The van der Waals surface area contributed by atoms with Crippen molar-refractivity contribution in [3.05, 3.63) is 62.9 Å². The molecule has 0 bridgehead atoms. The number of nitrogens with zero attached hydrogens (tertiary/aromatic N) is 1. The summed E-state index contributed by atoms with van der Waals surface area (Å²) in [6.45, 7) is 2.09. The number of alkyl halides is 1. The molecule has 0 saturated heterocycles. The van der Waals surface area contributed by atoms with Gasteiger partial charge in [-0.15, -0.1) is 11.6 Å². The molecule has 3 rings (SSSR count). The number of carbonyl (C=O) groups excluding carboxylic acids is 1. The third-order valence-electron chi connectivity index (χ3n) is 4.41. The van der Waals surface area contributed by atoms with E-state index in [0.29, 0.717) is 16.6 Å². The Morgan fingerprint density at radius 2 is 2.04 bits per heavy atom. The maximum Gasteiger partial charge on any atom is 0.275 e. The molecule has 1 heterocycles. The third-order valence-corrected chi connectivity index (χ3v) is 5.23. The summed E-state index contributed by atoms with van der Waals surface area (Å²) in [5.74, 6) is 0.168. The first kappa shape index (κ1) is 18.2. The van der Waals surface area contributed by atoms with Crippen molar-refractivity contribution in [2.45, 2.75) is 26.2 Å². The van der Waals surface area contributed by atoms with Crippen molar-refractivity contribution in [1.82, 2.24) is 4.98 Å². The van der Waals surface area contributed by atoms with Crippen LogP contribution in [0.5, 0.6) is 0 Å². The summed E-state index contributed by atoms with van der Waals surface area (Å²) in [5, 5.41) is 3.47. The summed E-state index contributed by atoms with van der Waals surface area (Å²) in [5.41, 5.74) is 5.72. The maximum absolute atomic E-state index is 12.4. The van der Waals surface area contributed by atoms with Gasteiger partial charge >= 0.3 is 0 Å². The zero-order valence-corrected chi connectivity index (χ0v) is 16.0. The van der Waals surface area contributed by atoms with Gasteiger partial charge in [-0.3, -0.25) is 4.79 Å². The van der Waals surface area contributed by atoms with Crippen molar-refractivity contribution < 1.29 is 4.79 Å². The molecule has 3 nitrogen and oxygen atoms in total. The first-order valence-corrected chi connectivity index (χ1v) is 9.29. The summed E-state index contributed by atoms with van der Waals surface area (Å²) in [6, 6.07) is 7.45. The number of anilines is 1. The van der Waals surface area contributed by atoms with Crippen LogP contribution >= 0.6 is 34.8 Å². The molecule has 0 fully saturated rings. The standard InChI is InChI=1S/C19H17Cl3N2O/c1-11-13(9-20)4-2-3-12-5-6-15(8-16(11)12)24-19(25)18-17(22)7-14(21)10-23-18/h5-8,10H,2-4,9H2,1H3,(H,24,25). The summed E-state index contributed by atoms with van der Waals surface area (Å²) >= 11 is 18.0. The predicted octanol–water partition coefficient (Wildman–Crippen LogP) is 5.99. The van der Waals surface area contributed by atoms with Crippen LogP contribution in [-0.2, 0) is 6.42 Å². The maximum atomic E-state index is 12.4. The number of amides is 1. The molecular weight excluding hydrogens is 379 g/mol. The minimum atomic E-state index is -0.366. The fourth-order valence-corrected chi connectivity index (χ4v) is 3.83. The first-order chi connectivity index (χ1) is 12.0. The van der Waals surface area contributed by atoms with Crippen LogP contribution in [0.15, 0.2) is 36.0 Å². The molecule has 1 aliphatic carbocycles. The highest BCUT2D eigenvalue weighted by atomic mass is 35.5. The quantitative estimate of drug-likeness (QED) is 0.649. The van der Waals surface area contributed by atoms with E-state index in [1.165, 1.54) is 29.0 Å². The van der Waals surface area contributed by atoms with Crippen LogP contribution in [0.1, 0.15) is 41.4 Å². The van der Waals surface area contributed by atoms with E-state index in [4.69, 9.17) is 34.8 Å². The van der Waals surface area contributed by atoms with E-state index in [2.05, 4.69) is 23.3 Å². The summed E-state index contributed by atoms with van der Waals surface area (Å²) in [6.07, 6.45) is 4.50. The van der Waals surface area contributed by atoms with Crippen molar-refractivity contribution in [2.24, 2.45) is 0 Å². The van der Waals surface area contributed by atoms with Crippen molar-refractivity contribution >= 4 is 52.0 Å². The van der Waals surface area contributed by atoms with Gasteiger partial charge in [-0.2, -0.15) is 0 Å². The molecule has 0 aliphatic heterocycles. The van der Waals surface area contributed by atoms with Crippen LogP contribution in [-0.4, -0.2) is 16.8 Å². The van der Waals surface area contributed by atoms with E-state index in [1.807, 2.05) is 12.1 Å². The van der Waals surface area contributed by atoms with E-state index < -0.39 is 0 Å². The number of benzene rings is 1. The van der Waals surface area contributed by atoms with Gasteiger partial charge in [0.15, 0.2) is 0 Å². The highest BCUT2D eigenvalue weighted by molar-refractivity contribution is 6.36. The Morgan fingerprint density at radius 1 is 1.24 bits per heavy atom. The van der Waals surface area contributed by atoms with Crippen molar-refractivity contribution in [2.75, 3.05) is 11.2 Å². The molecule has 6 heteroatoms. The molecule has 1 N–H and O–H groups in total. The fraction of sp³-hybridized carbons (Fsp3) is 0.263. The zero-order chi connectivity index (χ0) is 18.0. The lowest BCUT2D eigenvalue weighted by atomic mass is 9.97. The normalized spacial score (nSPS) is 14.1. The second-order valence-electron chi connectivity index (χ2n) is 6.03. The zero-order valence-electron chi connectivity index (χ0n) is 13.7. The van der Waals surface area contributed by atoms with Gasteiger partial charge < -0.3 is 5.32 Å². The van der Waals surface area contributed by atoms with Gasteiger partial charge in [-0.25, -0.2) is 4.98 Å². The molecular formula is C19H17Cl3N2O. The minimum Gasteiger partial charge on any atom is -0.321 e. The van der Waals surface area contributed by atoms with E-state index >= 15 is 0 Å². The SMILES string of the molecule is CC1=C(CCl)CCCc2ccc(NC(=O)c3ncc(Cl)cc3Cl)cc21. The monoisotopic (exact) mass is 394 g/mol. The number of fused-ring (bicyclic) bond motifs is 1. The van der Waals surface area contributed by atoms with Crippen LogP contribution in [0.4, 0.5) is 5.69 Å². The summed E-state index contributed by atoms with van der Waals surface area (Å²) in [7, 11) is 0. The Bertz CT molecular complexity index is 862. The predicted molar refractivity (Wildman–Crippen MR) is 105 cm³/mol. The first-order valence-electron chi connectivity index (χ1n) is 8.00. The number of allylic oxidation sites excluding steroid dienone is 2. The lowest BCUT2D eigenvalue weighted by molar-refractivity contribution is 0.102. The number of carbonyl (C=O) groups is 1. The average Bonchev–Trinajstić information content (AvgIpc) is 2.73. The molecule has 1 amide bonds. The summed E-state index contributed by atoms with van der Waals surface area (Å²) in [4.78, 5) is 16.5. The van der Waals surface area contributed by atoms with Crippen LogP contribution in [0.3, 0.4) is 0 Å². The molecule has 0 saturated carbocycles. The number of rotatable bonds is 3. The Morgan fingerprint density at radius 3 is 2.76 bits per heavy atom. The van der Waals surface area contributed by atoms with E-state index in [-0.39, 0.29) is 16.6 Å². The number of hydrogen-bond donors (Lipinski definition) is 1. The second kappa shape index (κ2) is 7.77. The van der Waals surface area contributed by atoms with E-state index in [0.717, 1.165) is 24.8 Å². The largest absolute Gasteiger partial charge is 0.321 e. The minimum absolute atomic E-state index is 0.148. The molecule has 1 aromatic heterocycles. The number of aromatic nitrogens is 1. The Labute approximate surface area is 162 Å². The molecule has 0 spiro atoms. The highest BCUT2D eigenvalue weighted by Gasteiger charge is 2.17. The van der Waals surface area contributed by atoms with E-state index in [1.54, 1.807) is 0 Å². The second-order valence-corrected chi connectivity index (χ2v) is 7.14. The topological polar surface area (TPSA) is 42.0 Å². The molecule has 2 aromatic rings. The molecule has 25 heavy (non-hydrogen) atoms. The lowest BCUT2D eigenvalue weighted by Crippen LogP contribution is -2.14. The van der Waals surface area contributed by atoms with Crippen LogP contribution in [0, 0.1) is 0 Å². The van der Waals surface area contributed by atoms with Gasteiger partial charge in [0.2, 0.25) is 0 Å². The van der Waals surface area contributed by atoms with Crippen LogP contribution < -0.4 is 5.32 Å². The van der Waals surface area contributed by atoms with Crippen molar-refractivity contribution in [1.29, 1.82) is 0 Å². The average molecular weight is 396 g/mol. The molecule has 0 unspecified atom stereocenters. The molecule has 0 radical (unpaired) electrons. The molecule has 130 valence electrons.